The van der Waals surface area contributed by atoms with Crippen LogP contribution in [0.4, 0.5) is 11.4 Å². The highest BCUT2D eigenvalue weighted by atomic mass is 35.5. The van der Waals surface area contributed by atoms with Crippen molar-refractivity contribution in [3.05, 3.63) is 51.8 Å². The summed E-state index contributed by atoms with van der Waals surface area (Å²) in [6, 6.07) is 9.61. The molecule has 3 aromatic rings. The van der Waals surface area contributed by atoms with Gasteiger partial charge in [0, 0.05) is 18.5 Å². The molecule has 2 aromatic heterocycles. The van der Waals surface area contributed by atoms with Crippen molar-refractivity contribution in [3.63, 3.8) is 0 Å². The number of benzene rings is 1. The molecule has 1 aliphatic heterocycles. The molecule has 0 radical (unpaired) electrons. The summed E-state index contributed by atoms with van der Waals surface area (Å²) in [5, 5.41) is 8.54. The first-order valence-electron chi connectivity index (χ1n) is 8.60. The zero-order chi connectivity index (χ0) is 18.6. The zero-order valence-electron chi connectivity index (χ0n) is 14.5. The van der Waals surface area contributed by atoms with E-state index < -0.39 is 0 Å². The summed E-state index contributed by atoms with van der Waals surface area (Å²) in [5.41, 5.74) is 2.35. The van der Waals surface area contributed by atoms with Gasteiger partial charge in [-0.25, -0.2) is 4.98 Å². The Balaban J connectivity index is 1.47. The minimum absolute atomic E-state index is 0.102. The minimum Gasteiger partial charge on any atom is -0.378 e. The lowest BCUT2D eigenvalue weighted by Crippen LogP contribution is -2.37. The summed E-state index contributed by atoms with van der Waals surface area (Å²) in [6.45, 7) is 2.82. The van der Waals surface area contributed by atoms with Crippen LogP contribution < -0.4 is 10.2 Å². The average Bonchev–Trinajstić information content (AvgIpc) is 3.34. The van der Waals surface area contributed by atoms with Gasteiger partial charge in [-0.3, -0.25) is 4.79 Å². The van der Waals surface area contributed by atoms with E-state index in [0.717, 1.165) is 40.0 Å². The van der Waals surface area contributed by atoms with Gasteiger partial charge in [-0.15, -0.1) is 22.7 Å². The third-order valence-electron chi connectivity index (χ3n) is 4.21. The number of thiophene rings is 1. The number of anilines is 2. The molecule has 1 N–H and O–H groups in total. The summed E-state index contributed by atoms with van der Waals surface area (Å²) in [4.78, 5) is 20.4. The maximum atomic E-state index is 12.6. The van der Waals surface area contributed by atoms with Crippen molar-refractivity contribution >= 4 is 51.6 Å². The molecule has 0 saturated carbocycles. The maximum Gasteiger partial charge on any atom is 0.230 e. The van der Waals surface area contributed by atoms with Crippen LogP contribution in [0, 0.1) is 0 Å². The predicted molar refractivity (Wildman–Crippen MR) is 112 cm³/mol. The molecule has 1 fully saturated rings. The lowest BCUT2D eigenvalue weighted by molar-refractivity contribution is -0.115. The van der Waals surface area contributed by atoms with E-state index in [0.29, 0.717) is 18.2 Å². The van der Waals surface area contributed by atoms with E-state index in [1.807, 2.05) is 41.1 Å². The smallest absolute Gasteiger partial charge is 0.230 e. The van der Waals surface area contributed by atoms with E-state index in [1.54, 1.807) is 22.7 Å². The van der Waals surface area contributed by atoms with Gasteiger partial charge in [-0.1, -0.05) is 23.7 Å². The molecule has 1 aliphatic rings. The number of nitrogens with zero attached hydrogens (tertiary/aromatic N) is 2. The van der Waals surface area contributed by atoms with Crippen LogP contribution in [0.1, 0.15) is 5.69 Å². The van der Waals surface area contributed by atoms with E-state index in [9.17, 15) is 4.79 Å². The van der Waals surface area contributed by atoms with Gasteiger partial charge in [-0.2, -0.15) is 0 Å². The number of morpholine rings is 1. The highest BCUT2D eigenvalue weighted by Crippen LogP contribution is 2.34. The van der Waals surface area contributed by atoms with Crippen LogP contribution in [0.2, 0.25) is 5.02 Å². The van der Waals surface area contributed by atoms with E-state index >= 15 is 0 Å². The lowest BCUT2D eigenvalue weighted by atomic mass is 10.2. The molecule has 0 atom stereocenters. The Kier molecular flexibility index (Phi) is 5.73. The van der Waals surface area contributed by atoms with Crippen molar-refractivity contribution in [2.24, 2.45) is 0 Å². The molecule has 1 aromatic carbocycles. The van der Waals surface area contributed by atoms with Crippen LogP contribution in [0.25, 0.3) is 9.88 Å². The molecular weight excluding hydrogens is 402 g/mol. The largest absolute Gasteiger partial charge is 0.378 e. The van der Waals surface area contributed by atoms with E-state index in [-0.39, 0.29) is 12.3 Å². The molecule has 0 aliphatic carbocycles. The fraction of sp³-hybridized carbons (Fsp3) is 0.263. The molecule has 4 rings (SSSR count). The number of carbonyl (C=O) groups is 1. The Morgan fingerprint density at radius 3 is 2.85 bits per heavy atom. The number of amides is 1. The van der Waals surface area contributed by atoms with E-state index in [4.69, 9.17) is 16.3 Å². The van der Waals surface area contributed by atoms with Gasteiger partial charge < -0.3 is 15.0 Å². The van der Waals surface area contributed by atoms with Gasteiger partial charge in [0.05, 0.1) is 46.6 Å². The second kappa shape index (κ2) is 8.39. The van der Waals surface area contributed by atoms with Crippen LogP contribution >= 0.6 is 34.3 Å². The highest BCUT2D eigenvalue weighted by molar-refractivity contribution is 7.20. The molecule has 3 heterocycles. The first kappa shape index (κ1) is 18.4. The summed E-state index contributed by atoms with van der Waals surface area (Å²) in [6.07, 6.45) is 0.233. The first-order chi connectivity index (χ1) is 13.2. The van der Waals surface area contributed by atoms with Gasteiger partial charge in [0.2, 0.25) is 5.91 Å². The Hall–Kier alpha value is -1.93. The number of ether oxygens (including phenoxy) is 1. The van der Waals surface area contributed by atoms with Gasteiger partial charge >= 0.3 is 0 Å². The number of halogens is 1. The van der Waals surface area contributed by atoms with Crippen molar-refractivity contribution in [3.8, 4) is 9.88 Å². The van der Waals surface area contributed by atoms with Crippen molar-refractivity contribution < 1.29 is 9.53 Å². The van der Waals surface area contributed by atoms with Gasteiger partial charge in [0.1, 0.15) is 5.01 Å². The molecular formula is C19H18ClN3O2S2. The van der Waals surface area contributed by atoms with Crippen molar-refractivity contribution in [2.75, 3.05) is 36.5 Å². The Bertz CT molecular complexity index is 921. The zero-order valence-corrected chi connectivity index (χ0v) is 16.9. The quantitative estimate of drug-likeness (QED) is 0.659. The number of rotatable bonds is 5. The van der Waals surface area contributed by atoms with E-state index in [1.165, 1.54) is 0 Å². The summed E-state index contributed by atoms with van der Waals surface area (Å²) >= 11 is 9.63. The molecule has 27 heavy (non-hydrogen) atoms. The summed E-state index contributed by atoms with van der Waals surface area (Å²) in [7, 11) is 0. The number of aromatic nitrogens is 1. The first-order valence-corrected chi connectivity index (χ1v) is 10.7. The number of hydrogen-bond donors (Lipinski definition) is 1. The third kappa shape index (κ3) is 4.32. The molecule has 0 bridgehead atoms. The van der Waals surface area contributed by atoms with Crippen molar-refractivity contribution in [1.82, 2.24) is 4.98 Å². The van der Waals surface area contributed by atoms with Gasteiger partial charge in [0.15, 0.2) is 0 Å². The normalized spacial score (nSPS) is 14.3. The predicted octanol–water partition coefficient (Wildman–Crippen LogP) is 4.54. The van der Waals surface area contributed by atoms with Crippen LogP contribution in [0.5, 0.6) is 0 Å². The minimum atomic E-state index is -0.102. The molecule has 0 spiro atoms. The molecule has 0 unspecified atom stereocenters. The van der Waals surface area contributed by atoms with E-state index in [2.05, 4.69) is 15.2 Å². The summed E-state index contributed by atoms with van der Waals surface area (Å²) in [5.74, 6) is -0.102. The fourth-order valence-electron chi connectivity index (χ4n) is 2.99. The van der Waals surface area contributed by atoms with Gasteiger partial charge in [0.25, 0.3) is 0 Å². The van der Waals surface area contributed by atoms with Crippen LogP contribution in [0.15, 0.2) is 41.1 Å². The third-order valence-corrected chi connectivity index (χ3v) is 6.45. The van der Waals surface area contributed by atoms with Gasteiger partial charge in [-0.05, 0) is 23.6 Å². The molecule has 1 amide bonds. The van der Waals surface area contributed by atoms with Crippen LogP contribution in [0.3, 0.4) is 0 Å². The van der Waals surface area contributed by atoms with Crippen LogP contribution in [-0.4, -0.2) is 37.2 Å². The molecule has 5 nitrogen and oxygen atoms in total. The number of hydrogen-bond acceptors (Lipinski definition) is 6. The number of thiazole rings is 1. The monoisotopic (exact) mass is 419 g/mol. The Morgan fingerprint density at radius 1 is 1.22 bits per heavy atom. The second-order valence-corrected chi connectivity index (χ2v) is 8.29. The Morgan fingerprint density at radius 2 is 2.07 bits per heavy atom. The lowest BCUT2D eigenvalue weighted by Gasteiger charge is -2.31. The fourth-order valence-corrected chi connectivity index (χ4v) is 4.91. The SMILES string of the molecule is O=C(Cc1csc(-c2cccs2)n1)Nc1cccc(Cl)c1N1CCOCC1. The topological polar surface area (TPSA) is 54.5 Å². The second-order valence-electron chi connectivity index (χ2n) is 6.08. The summed E-state index contributed by atoms with van der Waals surface area (Å²) < 4.78 is 5.42. The standard InChI is InChI=1S/C19H18ClN3O2S2/c20-14-3-1-4-15(18(14)23-6-8-25-9-7-23)22-17(24)11-13-12-27-19(21-13)16-5-2-10-26-16/h1-5,10,12H,6-9,11H2,(H,22,24). The highest BCUT2D eigenvalue weighted by Gasteiger charge is 2.19. The van der Waals surface area contributed by atoms with Crippen molar-refractivity contribution in [2.45, 2.75) is 6.42 Å². The Labute approximate surface area is 170 Å². The van der Waals surface area contributed by atoms with Crippen molar-refractivity contribution in [1.29, 1.82) is 0 Å². The molecule has 8 heteroatoms. The number of carbonyl (C=O) groups excluding carboxylic acids is 1. The molecule has 1 saturated heterocycles. The average molecular weight is 420 g/mol. The number of para-hydroxylation sites is 1. The number of nitrogens with one attached hydrogen (secondary N) is 1. The molecule has 140 valence electrons. The van der Waals surface area contributed by atoms with Crippen LogP contribution in [-0.2, 0) is 16.0 Å². The maximum absolute atomic E-state index is 12.6.